The Morgan fingerprint density at radius 2 is 1.79 bits per heavy atom. The van der Waals surface area contributed by atoms with Crippen molar-refractivity contribution in [2.45, 2.75) is 17.4 Å². The number of rotatable bonds is 6. The molecule has 0 bridgehead atoms. The maximum Gasteiger partial charge on any atom is 0.264 e. The first-order valence-corrected chi connectivity index (χ1v) is 14.6. The SMILES string of the molecule is Cc1cc2c(cnn2-c2ccc(F)cc2)cc1C12CN(S(=O)(=O)c3cnn(C)n3)C[C@@H]1C2C(=O)Nc1ccc(F)cn1. The van der Waals surface area contributed by atoms with Crippen molar-refractivity contribution in [3.05, 3.63) is 89.9 Å². The number of carbonyl (C=O) groups excluding carboxylic acids is 1. The van der Waals surface area contributed by atoms with Crippen LogP contribution in [0.1, 0.15) is 11.1 Å². The van der Waals surface area contributed by atoms with Crippen molar-refractivity contribution in [3.8, 4) is 5.69 Å². The van der Waals surface area contributed by atoms with Crippen molar-refractivity contribution in [1.82, 2.24) is 34.1 Å². The molecule has 1 N–H and O–H groups in total. The number of aryl methyl sites for hydroxylation is 2. The zero-order valence-corrected chi connectivity index (χ0v) is 23.3. The third kappa shape index (κ3) is 4.01. The molecule has 1 saturated carbocycles. The molecule has 7 rings (SSSR count). The van der Waals surface area contributed by atoms with Crippen LogP contribution >= 0.6 is 0 Å². The topological polar surface area (TPSA) is 128 Å². The van der Waals surface area contributed by atoms with Gasteiger partial charge in [-0.25, -0.2) is 26.9 Å². The van der Waals surface area contributed by atoms with Gasteiger partial charge in [0.2, 0.25) is 10.9 Å². The summed E-state index contributed by atoms with van der Waals surface area (Å²) < 4.78 is 57.0. The molecule has 1 aliphatic carbocycles. The van der Waals surface area contributed by atoms with E-state index < -0.39 is 27.2 Å². The van der Waals surface area contributed by atoms with Crippen LogP contribution in [0, 0.1) is 30.4 Å². The van der Waals surface area contributed by atoms with Crippen LogP contribution in [-0.2, 0) is 27.3 Å². The average molecular weight is 591 g/mol. The number of anilines is 1. The lowest BCUT2D eigenvalue weighted by molar-refractivity contribution is -0.118. The zero-order chi connectivity index (χ0) is 29.4. The number of hydrogen-bond acceptors (Lipinski definition) is 7. The Balaban J connectivity index is 1.28. The number of benzene rings is 2. The van der Waals surface area contributed by atoms with Gasteiger partial charge in [-0.05, 0) is 72.5 Å². The van der Waals surface area contributed by atoms with Gasteiger partial charge in [0.25, 0.3) is 10.0 Å². The number of amides is 1. The van der Waals surface area contributed by atoms with Crippen LogP contribution in [0.3, 0.4) is 0 Å². The van der Waals surface area contributed by atoms with Crippen LogP contribution in [-0.4, -0.2) is 61.5 Å². The molecular formula is C28H24F2N8O3S. The monoisotopic (exact) mass is 590 g/mol. The predicted octanol–water partition coefficient (Wildman–Crippen LogP) is 2.96. The molecule has 2 aromatic carbocycles. The van der Waals surface area contributed by atoms with Gasteiger partial charge in [-0.2, -0.15) is 19.3 Å². The van der Waals surface area contributed by atoms with E-state index in [-0.39, 0.29) is 41.6 Å². The first kappa shape index (κ1) is 26.3. The highest BCUT2D eigenvalue weighted by molar-refractivity contribution is 7.89. The number of nitrogens with zero attached hydrogens (tertiary/aromatic N) is 7. The Bertz CT molecular complexity index is 1970. The van der Waals surface area contributed by atoms with Crippen molar-refractivity contribution in [1.29, 1.82) is 0 Å². The smallest absolute Gasteiger partial charge is 0.264 e. The van der Waals surface area contributed by atoms with Crippen molar-refractivity contribution in [3.63, 3.8) is 0 Å². The molecule has 3 atom stereocenters. The highest BCUT2D eigenvalue weighted by Gasteiger charge is 2.74. The fourth-order valence-corrected chi connectivity index (χ4v) is 7.74. The van der Waals surface area contributed by atoms with Gasteiger partial charge in [0.1, 0.15) is 17.5 Å². The number of sulfonamides is 1. The van der Waals surface area contributed by atoms with Crippen LogP contribution in [0.2, 0.25) is 0 Å². The van der Waals surface area contributed by atoms with Crippen molar-refractivity contribution < 1.29 is 22.0 Å². The molecule has 214 valence electrons. The molecule has 3 aromatic heterocycles. The molecular weight excluding hydrogens is 566 g/mol. The summed E-state index contributed by atoms with van der Waals surface area (Å²) in [5.74, 6) is -1.87. The molecule has 0 radical (unpaired) electrons. The number of pyridine rings is 1. The minimum absolute atomic E-state index is 0.0595. The maximum atomic E-state index is 13.6. The predicted molar refractivity (Wildman–Crippen MR) is 147 cm³/mol. The van der Waals surface area contributed by atoms with Gasteiger partial charge < -0.3 is 5.32 Å². The number of halogens is 2. The fraction of sp³-hybridized carbons (Fsp3) is 0.250. The maximum absolute atomic E-state index is 13.6. The summed E-state index contributed by atoms with van der Waals surface area (Å²) in [6.07, 6.45) is 3.92. The average Bonchev–Trinajstić information content (AvgIpc) is 3.38. The lowest BCUT2D eigenvalue weighted by atomic mass is 9.88. The van der Waals surface area contributed by atoms with E-state index in [1.54, 1.807) is 23.0 Å². The Kier molecular flexibility index (Phi) is 5.79. The first-order chi connectivity index (χ1) is 20.1. The summed E-state index contributed by atoms with van der Waals surface area (Å²) in [7, 11) is -2.43. The van der Waals surface area contributed by atoms with Crippen LogP contribution in [0.25, 0.3) is 16.6 Å². The second kappa shape index (κ2) is 9.22. The lowest BCUT2D eigenvalue weighted by Crippen LogP contribution is -2.37. The van der Waals surface area contributed by atoms with Gasteiger partial charge in [-0.1, -0.05) is 0 Å². The normalized spacial score (nSPS) is 21.9. The second-order valence-electron chi connectivity index (χ2n) is 10.7. The van der Waals surface area contributed by atoms with Gasteiger partial charge in [0, 0.05) is 30.9 Å². The number of hydrogen-bond donors (Lipinski definition) is 1. The highest BCUT2D eigenvalue weighted by atomic mass is 32.2. The van der Waals surface area contributed by atoms with Crippen LogP contribution in [0.15, 0.2) is 72.1 Å². The molecule has 1 aliphatic heterocycles. The Hall–Kier alpha value is -4.56. The van der Waals surface area contributed by atoms with E-state index in [9.17, 15) is 22.0 Å². The standard InChI is InChI=1S/C28H24F2N8O3S/c1-16-9-23-17(11-33-38(23)20-6-3-18(29)4-7-20)10-21(16)28-15-37(42(40,41)25-13-32-36(2)35-25)14-22(28)26(28)27(39)34-24-8-5-19(30)12-31-24/h3-13,22,26H,14-15H2,1-2H3,(H,31,34,39)/t22-,26?,28?/m1/s1. The molecule has 14 heteroatoms. The van der Waals surface area contributed by atoms with Crippen LogP contribution in [0.4, 0.5) is 14.6 Å². The molecule has 2 aliphatic rings. The highest BCUT2D eigenvalue weighted by Crippen LogP contribution is 2.65. The summed E-state index contributed by atoms with van der Waals surface area (Å²) in [4.78, 5) is 18.7. The Labute approximate surface area is 238 Å². The van der Waals surface area contributed by atoms with Gasteiger partial charge in [-0.3, -0.25) is 4.79 Å². The quantitative estimate of drug-likeness (QED) is 0.322. The zero-order valence-electron chi connectivity index (χ0n) is 22.4. The Morgan fingerprint density at radius 3 is 2.48 bits per heavy atom. The summed E-state index contributed by atoms with van der Waals surface area (Å²) in [5, 5.41) is 15.8. The van der Waals surface area contributed by atoms with E-state index in [0.29, 0.717) is 5.69 Å². The molecule has 2 fully saturated rings. The van der Waals surface area contributed by atoms with E-state index in [1.807, 2.05) is 19.1 Å². The van der Waals surface area contributed by atoms with E-state index >= 15 is 0 Å². The molecule has 5 aromatic rings. The minimum Gasteiger partial charge on any atom is -0.310 e. The molecule has 42 heavy (non-hydrogen) atoms. The van der Waals surface area contributed by atoms with Gasteiger partial charge in [0.05, 0.1) is 35.7 Å². The molecule has 4 heterocycles. The van der Waals surface area contributed by atoms with Gasteiger partial charge >= 0.3 is 0 Å². The van der Waals surface area contributed by atoms with Crippen molar-refractivity contribution in [2.24, 2.45) is 18.9 Å². The number of piperidine rings is 1. The Morgan fingerprint density at radius 1 is 1.02 bits per heavy atom. The third-order valence-corrected chi connectivity index (χ3v) is 9.95. The van der Waals surface area contributed by atoms with Crippen molar-refractivity contribution in [2.75, 3.05) is 18.4 Å². The van der Waals surface area contributed by atoms with E-state index in [4.69, 9.17) is 0 Å². The van der Waals surface area contributed by atoms with Crippen molar-refractivity contribution >= 4 is 32.7 Å². The summed E-state index contributed by atoms with van der Waals surface area (Å²) in [6, 6.07) is 12.5. The number of nitrogens with one attached hydrogen (secondary N) is 1. The second-order valence-corrected chi connectivity index (χ2v) is 12.6. The molecule has 2 unspecified atom stereocenters. The molecule has 1 amide bonds. The molecule has 0 spiro atoms. The lowest BCUT2D eigenvalue weighted by Gasteiger charge is -2.24. The summed E-state index contributed by atoms with van der Waals surface area (Å²) in [5.41, 5.74) is 2.34. The molecule has 11 nitrogen and oxygen atoms in total. The first-order valence-electron chi connectivity index (χ1n) is 13.1. The summed E-state index contributed by atoms with van der Waals surface area (Å²) >= 11 is 0. The van der Waals surface area contributed by atoms with Crippen LogP contribution < -0.4 is 5.32 Å². The number of fused-ring (bicyclic) bond motifs is 2. The van der Waals surface area contributed by atoms with Gasteiger partial charge in [-0.15, -0.1) is 5.10 Å². The minimum atomic E-state index is -3.96. The summed E-state index contributed by atoms with van der Waals surface area (Å²) in [6.45, 7) is 2.08. The largest absolute Gasteiger partial charge is 0.310 e. The van der Waals surface area contributed by atoms with Crippen LogP contribution in [0.5, 0.6) is 0 Å². The number of aromatic nitrogens is 6. The van der Waals surface area contributed by atoms with E-state index in [1.165, 1.54) is 46.6 Å². The number of carbonyl (C=O) groups is 1. The van der Waals surface area contributed by atoms with E-state index in [2.05, 4.69) is 25.6 Å². The van der Waals surface area contributed by atoms with Gasteiger partial charge in [0.15, 0.2) is 0 Å². The van der Waals surface area contributed by atoms with E-state index in [0.717, 1.165) is 28.2 Å². The molecule has 1 saturated heterocycles. The fourth-order valence-electron chi connectivity index (χ4n) is 6.33. The third-order valence-electron chi connectivity index (χ3n) is 8.28.